The summed E-state index contributed by atoms with van der Waals surface area (Å²) < 4.78 is 0. The van der Waals surface area contributed by atoms with Crippen molar-refractivity contribution in [2.24, 2.45) is 0 Å². The van der Waals surface area contributed by atoms with Gasteiger partial charge in [0.2, 0.25) is 0 Å². The molecule has 0 unspecified atom stereocenters. The standard InChI is InChI=1S/C12H15N/c1-3-5-10-13-12-9-7-6-8-11(12)4-2/h6-9,13H,4,10H2,1-2H3. The van der Waals surface area contributed by atoms with E-state index in [4.69, 9.17) is 0 Å². The molecule has 0 saturated carbocycles. The van der Waals surface area contributed by atoms with Crippen molar-refractivity contribution in [3.8, 4) is 11.8 Å². The maximum atomic E-state index is 3.29. The second-order valence-electron chi connectivity index (χ2n) is 2.79. The van der Waals surface area contributed by atoms with E-state index < -0.39 is 0 Å². The molecule has 0 aliphatic rings. The van der Waals surface area contributed by atoms with Gasteiger partial charge in [0.1, 0.15) is 0 Å². The van der Waals surface area contributed by atoms with E-state index in [1.54, 1.807) is 0 Å². The zero-order valence-corrected chi connectivity index (χ0v) is 8.22. The fourth-order valence-electron chi connectivity index (χ4n) is 1.23. The van der Waals surface area contributed by atoms with Crippen LogP contribution in [0.1, 0.15) is 19.4 Å². The molecule has 0 aliphatic carbocycles. The van der Waals surface area contributed by atoms with Crippen LogP contribution < -0.4 is 5.32 Å². The summed E-state index contributed by atoms with van der Waals surface area (Å²) in [4.78, 5) is 0. The summed E-state index contributed by atoms with van der Waals surface area (Å²) in [7, 11) is 0. The summed E-state index contributed by atoms with van der Waals surface area (Å²) >= 11 is 0. The quantitative estimate of drug-likeness (QED) is 0.693. The lowest BCUT2D eigenvalue weighted by Gasteiger charge is -2.07. The van der Waals surface area contributed by atoms with E-state index >= 15 is 0 Å². The van der Waals surface area contributed by atoms with Crippen LogP contribution in [0.3, 0.4) is 0 Å². The smallest absolute Gasteiger partial charge is 0.0765 e. The fraction of sp³-hybridized carbons (Fsp3) is 0.333. The Balaban J connectivity index is 2.67. The third-order valence-electron chi connectivity index (χ3n) is 1.94. The molecular formula is C12H15N. The lowest BCUT2D eigenvalue weighted by molar-refractivity contribution is 1.13. The number of para-hydroxylation sites is 1. The zero-order valence-electron chi connectivity index (χ0n) is 8.22. The van der Waals surface area contributed by atoms with E-state index in [9.17, 15) is 0 Å². The molecule has 0 radical (unpaired) electrons. The minimum atomic E-state index is 0.730. The van der Waals surface area contributed by atoms with Crippen molar-refractivity contribution in [2.45, 2.75) is 20.3 Å². The number of hydrogen-bond donors (Lipinski definition) is 1. The molecule has 1 heteroatoms. The van der Waals surface area contributed by atoms with Crippen LogP contribution in [-0.2, 0) is 6.42 Å². The molecule has 1 nitrogen and oxygen atoms in total. The average Bonchev–Trinajstić information content (AvgIpc) is 2.19. The second-order valence-corrected chi connectivity index (χ2v) is 2.79. The number of nitrogens with one attached hydrogen (secondary N) is 1. The molecule has 0 atom stereocenters. The van der Waals surface area contributed by atoms with Crippen molar-refractivity contribution in [1.29, 1.82) is 0 Å². The molecule has 68 valence electrons. The highest BCUT2D eigenvalue weighted by molar-refractivity contribution is 5.51. The van der Waals surface area contributed by atoms with Crippen LogP contribution in [0.4, 0.5) is 5.69 Å². The maximum absolute atomic E-state index is 3.29. The highest BCUT2D eigenvalue weighted by Crippen LogP contribution is 2.14. The van der Waals surface area contributed by atoms with Crippen molar-refractivity contribution in [1.82, 2.24) is 0 Å². The van der Waals surface area contributed by atoms with Crippen LogP contribution in [0.15, 0.2) is 24.3 Å². The van der Waals surface area contributed by atoms with E-state index in [1.807, 2.05) is 13.0 Å². The monoisotopic (exact) mass is 173 g/mol. The van der Waals surface area contributed by atoms with Gasteiger partial charge in [0.25, 0.3) is 0 Å². The number of hydrogen-bond acceptors (Lipinski definition) is 1. The predicted molar refractivity (Wildman–Crippen MR) is 57.8 cm³/mol. The molecule has 0 aromatic heterocycles. The van der Waals surface area contributed by atoms with Gasteiger partial charge in [-0.1, -0.05) is 31.0 Å². The molecule has 1 N–H and O–H groups in total. The van der Waals surface area contributed by atoms with Gasteiger partial charge in [-0.05, 0) is 25.0 Å². The molecule has 1 aromatic rings. The van der Waals surface area contributed by atoms with E-state index in [0.717, 1.165) is 13.0 Å². The van der Waals surface area contributed by atoms with Gasteiger partial charge in [-0.25, -0.2) is 0 Å². The second kappa shape index (κ2) is 5.27. The minimum Gasteiger partial charge on any atom is -0.374 e. The lowest BCUT2D eigenvalue weighted by Crippen LogP contribution is -2.01. The van der Waals surface area contributed by atoms with Gasteiger partial charge in [0, 0.05) is 5.69 Å². The van der Waals surface area contributed by atoms with Crippen molar-refractivity contribution >= 4 is 5.69 Å². The first kappa shape index (κ1) is 9.67. The van der Waals surface area contributed by atoms with Crippen LogP contribution in [0.25, 0.3) is 0 Å². The Morgan fingerprint density at radius 3 is 2.77 bits per heavy atom. The third-order valence-corrected chi connectivity index (χ3v) is 1.94. The lowest BCUT2D eigenvalue weighted by atomic mass is 10.1. The molecular weight excluding hydrogens is 158 g/mol. The summed E-state index contributed by atoms with van der Waals surface area (Å²) in [5.74, 6) is 5.85. The van der Waals surface area contributed by atoms with Crippen molar-refractivity contribution in [3.05, 3.63) is 29.8 Å². The van der Waals surface area contributed by atoms with Gasteiger partial charge < -0.3 is 5.32 Å². The van der Waals surface area contributed by atoms with Gasteiger partial charge in [-0.2, -0.15) is 0 Å². The highest BCUT2D eigenvalue weighted by Gasteiger charge is 1.95. The van der Waals surface area contributed by atoms with E-state index in [0.29, 0.717) is 0 Å². The van der Waals surface area contributed by atoms with E-state index in [2.05, 4.69) is 42.3 Å². The van der Waals surface area contributed by atoms with Gasteiger partial charge in [0.15, 0.2) is 0 Å². The van der Waals surface area contributed by atoms with Gasteiger partial charge in [0.05, 0.1) is 6.54 Å². The summed E-state index contributed by atoms with van der Waals surface area (Å²) in [5, 5.41) is 3.29. The van der Waals surface area contributed by atoms with Gasteiger partial charge in [-0.15, -0.1) is 5.92 Å². The molecule has 0 heterocycles. The number of benzene rings is 1. The van der Waals surface area contributed by atoms with Crippen LogP contribution in [0, 0.1) is 11.8 Å². The Morgan fingerprint density at radius 2 is 2.08 bits per heavy atom. The van der Waals surface area contributed by atoms with E-state index in [1.165, 1.54) is 11.3 Å². The Kier molecular flexibility index (Phi) is 3.92. The minimum absolute atomic E-state index is 0.730. The topological polar surface area (TPSA) is 12.0 Å². The zero-order chi connectivity index (χ0) is 9.52. The third kappa shape index (κ3) is 2.83. The first-order chi connectivity index (χ1) is 6.38. The highest BCUT2D eigenvalue weighted by atomic mass is 14.9. The van der Waals surface area contributed by atoms with E-state index in [-0.39, 0.29) is 0 Å². The van der Waals surface area contributed by atoms with Crippen LogP contribution in [-0.4, -0.2) is 6.54 Å². The summed E-state index contributed by atoms with van der Waals surface area (Å²) in [6.07, 6.45) is 1.06. The predicted octanol–water partition coefficient (Wildman–Crippen LogP) is 2.68. The van der Waals surface area contributed by atoms with Gasteiger partial charge in [-0.3, -0.25) is 0 Å². The Morgan fingerprint density at radius 1 is 1.31 bits per heavy atom. The molecule has 0 saturated heterocycles. The SMILES string of the molecule is CC#CCNc1ccccc1CC. The molecule has 1 rings (SSSR count). The Hall–Kier alpha value is -1.42. The largest absolute Gasteiger partial charge is 0.374 e. The van der Waals surface area contributed by atoms with Crippen molar-refractivity contribution in [3.63, 3.8) is 0 Å². The normalized spacial score (nSPS) is 8.77. The van der Waals surface area contributed by atoms with Crippen LogP contribution in [0.2, 0.25) is 0 Å². The molecule has 0 fully saturated rings. The van der Waals surface area contributed by atoms with Crippen LogP contribution >= 0.6 is 0 Å². The molecule has 0 amide bonds. The summed E-state index contributed by atoms with van der Waals surface area (Å²) in [5.41, 5.74) is 2.55. The molecule has 1 aromatic carbocycles. The Bertz CT molecular complexity index is 317. The first-order valence-corrected chi connectivity index (χ1v) is 4.60. The Labute approximate surface area is 80.2 Å². The molecule has 0 spiro atoms. The van der Waals surface area contributed by atoms with Gasteiger partial charge >= 0.3 is 0 Å². The summed E-state index contributed by atoms with van der Waals surface area (Å²) in [6.45, 7) is 4.74. The molecule has 0 bridgehead atoms. The first-order valence-electron chi connectivity index (χ1n) is 4.60. The van der Waals surface area contributed by atoms with Crippen molar-refractivity contribution in [2.75, 3.05) is 11.9 Å². The number of rotatable bonds is 3. The molecule has 13 heavy (non-hydrogen) atoms. The fourth-order valence-corrected chi connectivity index (χ4v) is 1.23. The number of anilines is 1. The van der Waals surface area contributed by atoms with Crippen molar-refractivity contribution < 1.29 is 0 Å². The average molecular weight is 173 g/mol. The van der Waals surface area contributed by atoms with Crippen LogP contribution in [0.5, 0.6) is 0 Å². The molecule has 0 aliphatic heterocycles. The summed E-state index contributed by atoms with van der Waals surface area (Å²) in [6, 6.07) is 8.34. The maximum Gasteiger partial charge on any atom is 0.0765 e. The number of aryl methyl sites for hydroxylation is 1.